The molecular weight excluding hydrogens is 457 g/mol. The average molecular weight is 477 g/mol. The van der Waals surface area contributed by atoms with Gasteiger partial charge in [-0.2, -0.15) is 4.31 Å². The summed E-state index contributed by atoms with van der Waals surface area (Å²) in [5.74, 6) is -2.60. The van der Waals surface area contributed by atoms with Crippen LogP contribution >= 0.6 is 23.2 Å². The van der Waals surface area contributed by atoms with Crippen molar-refractivity contribution in [3.63, 3.8) is 0 Å². The molecule has 1 aliphatic heterocycles. The predicted molar refractivity (Wildman–Crippen MR) is 111 cm³/mol. The summed E-state index contributed by atoms with van der Waals surface area (Å²) in [7, 11) is -3.89. The topological polar surface area (TPSA) is 66.5 Å². The van der Waals surface area contributed by atoms with Crippen LogP contribution in [0, 0.1) is 17.6 Å². The van der Waals surface area contributed by atoms with Crippen molar-refractivity contribution >= 4 is 39.1 Å². The van der Waals surface area contributed by atoms with Crippen molar-refractivity contribution in [1.82, 2.24) is 9.62 Å². The summed E-state index contributed by atoms with van der Waals surface area (Å²) in [6.07, 6.45) is 0.634. The number of benzene rings is 2. The lowest BCUT2D eigenvalue weighted by atomic mass is 9.96. The lowest BCUT2D eigenvalue weighted by Crippen LogP contribution is -2.43. The normalized spacial score (nSPS) is 17.0. The van der Waals surface area contributed by atoms with E-state index in [1.54, 1.807) is 13.0 Å². The fourth-order valence-corrected chi connectivity index (χ4v) is 5.97. The minimum atomic E-state index is -3.89. The highest BCUT2D eigenvalue weighted by atomic mass is 35.5. The van der Waals surface area contributed by atoms with Crippen LogP contribution in [0.25, 0.3) is 0 Å². The van der Waals surface area contributed by atoms with Crippen molar-refractivity contribution in [3.8, 4) is 0 Å². The Morgan fingerprint density at radius 1 is 1.10 bits per heavy atom. The van der Waals surface area contributed by atoms with Gasteiger partial charge in [-0.15, -0.1) is 0 Å². The van der Waals surface area contributed by atoms with Gasteiger partial charge in [-0.3, -0.25) is 4.79 Å². The Labute approximate surface area is 184 Å². The minimum absolute atomic E-state index is 0.0442. The van der Waals surface area contributed by atoms with Crippen molar-refractivity contribution in [2.75, 3.05) is 13.1 Å². The third-order valence-corrected chi connectivity index (χ3v) is 8.00. The van der Waals surface area contributed by atoms with Crippen LogP contribution in [-0.2, 0) is 14.8 Å². The third-order valence-electron chi connectivity index (χ3n) is 5.14. The van der Waals surface area contributed by atoms with Crippen LogP contribution < -0.4 is 5.32 Å². The highest BCUT2D eigenvalue weighted by molar-refractivity contribution is 7.89. The van der Waals surface area contributed by atoms with E-state index in [9.17, 15) is 22.0 Å². The molecule has 10 heteroatoms. The van der Waals surface area contributed by atoms with Crippen molar-refractivity contribution in [2.24, 2.45) is 5.92 Å². The van der Waals surface area contributed by atoms with Crippen LogP contribution in [0.4, 0.5) is 8.78 Å². The molecule has 5 nitrogen and oxygen atoms in total. The molecule has 0 radical (unpaired) electrons. The molecule has 30 heavy (non-hydrogen) atoms. The lowest BCUT2D eigenvalue weighted by molar-refractivity contribution is -0.126. The quantitative estimate of drug-likeness (QED) is 0.688. The second-order valence-corrected chi connectivity index (χ2v) is 9.82. The van der Waals surface area contributed by atoms with Crippen LogP contribution in [0.2, 0.25) is 10.0 Å². The molecule has 0 spiro atoms. The van der Waals surface area contributed by atoms with Gasteiger partial charge >= 0.3 is 0 Å². The van der Waals surface area contributed by atoms with Gasteiger partial charge in [0.25, 0.3) is 0 Å². The van der Waals surface area contributed by atoms with Crippen molar-refractivity contribution in [3.05, 3.63) is 63.6 Å². The summed E-state index contributed by atoms with van der Waals surface area (Å²) in [6.45, 7) is 1.95. The van der Waals surface area contributed by atoms with Gasteiger partial charge in [-0.1, -0.05) is 35.3 Å². The second kappa shape index (κ2) is 9.18. The van der Waals surface area contributed by atoms with Gasteiger partial charge in [0.2, 0.25) is 15.9 Å². The van der Waals surface area contributed by atoms with E-state index in [1.165, 1.54) is 22.5 Å². The standard InChI is InChI=1S/C20H20Cl2F2N2O3S/c1-12(14-5-6-17(23)18(24)11-14)25-20(27)13-7-9-26(10-8-13)30(28,29)19-15(21)3-2-4-16(19)22/h2-6,11-13H,7-10H2,1H3,(H,25,27). The van der Waals surface area contributed by atoms with Gasteiger partial charge in [0.15, 0.2) is 11.6 Å². The van der Waals surface area contributed by atoms with E-state index in [0.29, 0.717) is 18.4 Å². The van der Waals surface area contributed by atoms with E-state index in [0.717, 1.165) is 12.1 Å². The molecule has 2 aromatic rings. The van der Waals surface area contributed by atoms with E-state index in [2.05, 4.69) is 5.32 Å². The number of nitrogens with zero attached hydrogens (tertiary/aromatic N) is 1. The number of amides is 1. The van der Waals surface area contributed by atoms with Gasteiger partial charge in [-0.05, 0) is 49.6 Å². The molecule has 1 fully saturated rings. The number of hydrogen-bond acceptors (Lipinski definition) is 3. The molecule has 3 rings (SSSR count). The number of halogens is 4. The Bertz CT molecular complexity index is 1040. The molecule has 1 aliphatic rings. The number of nitrogens with one attached hydrogen (secondary N) is 1. The van der Waals surface area contributed by atoms with Gasteiger partial charge in [0.05, 0.1) is 16.1 Å². The van der Waals surface area contributed by atoms with E-state index in [1.807, 2.05) is 0 Å². The molecule has 1 unspecified atom stereocenters. The molecule has 0 aromatic heterocycles. The Hall–Kier alpha value is -1.74. The highest BCUT2D eigenvalue weighted by Gasteiger charge is 2.34. The maximum absolute atomic E-state index is 13.4. The van der Waals surface area contributed by atoms with Gasteiger partial charge in [0.1, 0.15) is 4.90 Å². The first-order valence-corrected chi connectivity index (χ1v) is 11.5. The number of carbonyl (C=O) groups excluding carboxylic acids is 1. The zero-order valence-electron chi connectivity index (χ0n) is 16.0. The van der Waals surface area contributed by atoms with Gasteiger partial charge < -0.3 is 5.32 Å². The fraction of sp³-hybridized carbons (Fsp3) is 0.350. The summed E-state index contributed by atoms with van der Waals surface area (Å²) < 4.78 is 53.6. The molecule has 162 valence electrons. The maximum Gasteiger partial charge on any atom is 0.246 e. The van der Waals surface area contributed by atoms with Gasteiger partial charge in [0, 0.05) is 19.0 Å². The number of rotatable bonds is 5. The van der Waals surface area contributed by atoms with E-state index >= 15 is 0 Å². The van der Waals surface area contributed by atoms with Crippen molar-refractivity contribution in [2.45, 2.75) is 30.7 Å². The maximum atomic E-state index is 13.4. The SMILES string of the molecule is CC(NC(=O)C1CCN(S(=O)(=O)c2c(Cl)cccc2Cl)CC1)c1ccc(F)c(F)c1. The van der Waals surface area contributed by atoms with Crippen LogP contribution in [0.1, 0.15) is 31.4 Å². The molecular formula is C20H20Cl2F2N2O3S. The molecule has 0 aliphatic carbocycles. The monoisotopic (exact) mass is 476 g/mol. The largest absolute Gasteiger partial charge is 0.349 e. The minimum Gasteiger partial charge on any atom is -0.349 e. The summed E-state index contributed by atoms with van der Waals surface area (Å²) in [5.41, 5.74) is 0.440. The first-order chi connectivity index (χ1) is 14.1. The first kappa shape index (κ1) is 22.9. The Kier molecular flexibility index (Phi) is 7.02. The first-order valence-electron chi connectivity index (χ1n) is 9.30. The van der Waals surface area contributed by atoms with Crippen LogP contribution in [-0.4, -0.2) is 31.7 Å². The molecule has 2 aromatic carbocycles. The Morgan fingerprint density at radius 3 is 2.27 bits per heavy atom. The summed E-state index contributed by atoms with van der Waals surface area (Å²) >= 11 is 12.1. The average Bonchev–Trinajstić information content (AvgIpc) is 2.69. The number of hydrogen-bond donors (Lipinski definition) is 1. The fourth-order valence-electron chi connectivity index (χ4n) is 3.41. The smallest absolute Gasteiger partial charge is 0.246 e. The molecule has 0 saturated carbocycles. The molecule has 1 saturated heterocycles. The zero-order chi connectivity index (χ0) is 22.1. The summed E-state index contributed by atoms with van der Waals surface area (Å²) in [6, 6.07) is 7.43. The van der Waals surface area contributed by atoms with E-state index in [4.69, 9.17) is 23.2 Å². The summed E-state index contributed by atoms with van der Waals surface area (Å²) in [4.78, 5) is 12.4. The van der Waals surface area contributed by atoms with E-state index in [-0.39, 0.29) is 33.9 Å². The van der Waals surface area contributed by atoms with Gasteiger partial charge in [-0.25, -0.2) is 17.2 Å². The predicted octanol–water partition coefficient (Wildman–Crippen LogP) is 4.55. The summed E-state index contributed by atoms with van der Waals surface area (Å²) in [5, 5.41) is 2.87. The second-order valence-electron chi connectivity index (χ2n) is 7.13. The highest BCUT2D eigenvalue weighted by Crippen LogP contribution is 2.33. The number of piperidine rings is 1. The molecule has 1 heterocycles. The lowest BCUT2D eigenvalue weighted by Gasteiger charge is -2.31. The molecule has 0 bridgehead atoms. The third kappa shape index (κ3) is 4.77. The van der Waals surface area contributed by atoms with Crippen molar-refractivity contribution < 1.29 is 22.0 Å². The number of sulfonamides is 1. The number of carbonyl (C=O) groups is 1. The Balaban J connectivity index is 1.63. The van der Waals surface area contributed by atoms with E-state index < -0.39 is 33.6 Å². The van der Waals surface area contributed by atoms with Crippen LogP contribution in [0.5, 0.6) is 0 Å². The Morgan fingerprint density at radius 2 is 1.70 bits per heavy atom. The molecule has 1 amide bonds. The molecule has 1 N–H and O–H groups in total. The molecule has 1 atom stereocenters. The van der Waals surface area contributed by atoms with Crippen LogP contribution in [0.3, 0.4) is 0 Å². The van der Waals surface area contributed by atoms with Crippen LogP contribution in [0.15, 0.2) is 41.3 Å². The zero-order valence-corrected chi connectivity index (χ0v) is 18.4. The van der Waals surface area contributed by atoms with Crippen molar-refractivity contribution in [1.29, 1.82) is 0 Å².